The summed E-state index contributed by atoms with van der Waals surface area (Å²) in [4.78, 5) is 25.3. The van der Waals surface area contributed by atoms with Gasteiger partial charge in [0.05, 0.1) is 6.61 Å². The molecule has 0 aromatic carbocycles. The molecule has 0 aromatic heterocycles. The van der Waals surface area contributed by atoms with E-state index in [-0.39, 0.29) is 19.4 Å². The Hall–Kier alpha value is -1.87. The van der Waals surface area contributed by atoms with E-state index < -0.39 is 71.2 Å². The Balaban J connectivity index is 2.49. The third-order valence-corrected chi connectivity index (χ3v) is 10.8. The van der Waals surface area contributed by atoms with Gasteiger partial charge in [0.25, 0.3) is 10.1 Å². The molecule has 0 spiro atoms. The van der Waals surface area contributed by atoms with Gasteiger partial charge in [0.15, 0.2) is 12.4 Å². The summed E-state index contributed by atoms with van der Waals surface area (Å²) in [5.41, 5.74) is 0. The lowest BCUT2D eigenvalue weighted by Crippen LogP contribution is -2.60. The van der Waals surface area contributed by atoms with E-state index in [1.165, 1.54) is 89.9 Å². The highest BCUT2D eigenvalue weighted by Crippen LogP contribution is 2.24. The highest BCUT2D eigenvalue weighted by Gasteiger charge is 2.46. The molecule has 6 atom stereocenters. The Labute approximate surface area is 338 Å². The van der Waals surface area contributed by atoms with Gasteiger partial charge in [-0.05, 0) is 64.2 Å². The van der Waals surface area contributed by atoms with Crippen molar-refractivity contribution in [1.82, 2.24) is 0 Å². The van der Waals surface area contributed by atoms with Gasteiger partial charge in [-0.15, -0.1) is 0 Å². The number of aliphatic hydroxyl groups is 3. The first-order chi connectivity index (χ1) is 27.0. The molecule has 2 unspecified atom stereocenters. The molecule has 1 fully saturated rings. The summed E-state index contributed by atoms with van der Waals surface area (Å²) in [6, 6.07) is 0. The molecule has 12 nitrogen and oxygen atoms in total. The summed E-state index contributed by atoms with van der Waals surface area (Å²) in [5.74, 6) is -2.02. The van der Waals surface area contributed by atoms with E-state index in [0.29, 0.717) is 12.8 Å². The molecule has 1 aliphatic heterocycles. The molecule has 0 amide bonds. The zero-order valence-corrected chi connectivity index (χ0v) is 35.6. The molecule has 0 saturated carbocycles. The van der Waals surface area contributed by atoms with Gasteiger partial charge < -0.3 is 34.3 Å². The number of esters is 2. The minimum absolute atomic E-state index is 0.143. The zero-order chi connectivity index (χ0) is 41.3. The van der Waals surface area contributed by atoms with Crippen LogP contribution >= 0.6 is 0 Å². The number of ether oxygens (including phenoxy) is 4. The predicted octanol–water partition coefficient (Wildman–Crippen LogP) is 8.45. The van der Waals surface area contributed by atoms with Gasteiger partial charge >= 0.3 is 11.9 Å². The summed E-state index contributed by atoms with van der Waals surface area (Å²) in [5, 5.41) is 30.8. The van der Waals surface area contributed by atoms with Crippen LogP contribution in [-0.4, -0.2) is 96.0 Å². The van der Waals surface area contributed by atoms with E-state index in [1.54, 1.807) is 0 Å². The molecular formula is C43H78O12S. The van der Waals surface area contributed by atoms with Gasteiger partial charge in [-0.2, -0.15) is 8.42 Å². The lowest BCUT2D eigenvalue weighted by atomic mass is 10.00. The summed E-state index contributed by atoms with van der Waals surface area (Å²) >= 11 is 0. The minimum Gasteiger partial charge on any atom is -0.462 e. The zero-order valence-electron chi connectivity index (χ0n) is 34.7. The van der Waals surface area contributed by atoms with Gasteiger partial charge in [-0.1, -0.05) is 128 Å². The first kappa shape index (κ1) is 52.1. The monoisotopic (exact) mass is 819 g/mol. The first-order valence-corrected chi connectivity index (χ1v) is 23.5. The Morgan fingerprint density at radius 2 is 1.02 bits per heavy atom. The van der Waals surface area contributed by atoms with Crippen molar-refractivity contribution in [1.29, 1.82) is 0 Å². The fourth-order valence-electron chi connectivity index (χ4n) is 6.55. The molecule has 0 aliphatic carbocycles. The highest BCUT2D eigenvalue weighted by molar-refractivity contribution is 7.85. The van der Waals surface area contributed by atoms with Crippen molar-refractivity contribution < 1.29 is 56.8 Å². The van der Waals surface area contributed by atoms with Crippen LogP contribution in [0, 0.1) is 0 Å². The second kappa shape index (κ2) is 34.0. The Kier molecular flexibility index (Phi) is 31.7. The molecule has 1 aliphatic rings. The molecule has 4 N–H and O–H groups in total. The Morgan fingerprint density at radius 1 is 0.589 bits per heavy atom. The third-order valence-electron chi connectivity index (χ3n) is 10.0. The molecule has 1 heterocycles. The number of aliphatic hydroxyl groups excluding tert-OH is 3. The molecule has 0 aromatic rings. The normalized spacial score (nSPS) is 20.9. The van der Waals surface area contributed by atoms with E-state index in [2.05, 4.69) is 38.2 Å². The predicted molar refractivity (Wildman–Crippen MR) is 220 cm³/mol. The molecule has 328 valence electrons. The molecular weight excluding hydrogens is 741 g/mol. The van der Waals surface area contributed by atoms with Crippen molar-refractivity contribution in [3.63, 3.8) is 0 Å². The average Bonchev–Trinajstić information content (AvgIpc) is 3.16. The fourth-order valence-corrected chi connectivity index (χ4v) is 7.24. The number of hydrogen-bond donors (Lipinski definition) is 4. The van der Waals surface area contributed by atoms with Crippen molar-refractivity contribution in [3.8, 4) is 0 Å². The van der Waals surface area contributed by atoms with Gasteiger partial charge in [-0.3, -0.25) is 14.1 Å². The van der Waals surface area contributed by atoms with Gasteiger partial charge in [-0.25, -0.2) is 0 Å². The Bertz CT molecular complexity index is 1140. The first-order valence-electron chi connectivity index (χ1n) is 21.9. The second-order valence-corrected chi connectivity index (χ2v) is 16.9. The van der Waals surface area contributed by atoms with E-state index in [9.17, 15) is 37.9 Å². The standard InChI is InChI=1S/C43H78O12S/c1-3-5-7-9-11-13-15-17-18-20-22-24-26-28-30-32-39(45)54-36(34-53-43-42(48)41(47)40(46)37(55-43)35-56(49,50)51)33-52-38(44)31-29-27-25-23-21-19-16-14-12-10-8-6-4-2/h19-22,36-37,40-43,46-48H,3-18,23-35H2,1-2H3,(H,49,50,51)/b21-19+,22-20+/t36-,37-,40-,41?,42?,43+/m1/s1. The molecule has 0 radical (unpaired) electrons. The summed E-state index contributed by atoms with van der Waals surface area (Å²) in [7, 11) is -4.60. The summed E-state index contributed by atoms with van der Waals surface area (Å²) in [6.07, 6.45) is 26.6. The maximum atomic E-state index is 12.8. The van der Waals surface area contributed by atoms with E-state index >= 15 is 0 Å². The van der Waals surface area contributed by atoms with Crippen LogP contribution in [0.5, 0.6) is 0 Å². The smallest absolute Gasteiger partial charge is 0.306 e. The summed E-state index contributed by atoms with van der Waals surface area (Å²) in [6.45, 7) is 3.72. The fraction of sp³-hybridized carbons (Fsp3) is 0.860. The molecule has 13 heteroatoms. The van der Waals surface area contributed by atoms with Crippen molar-refractivity contribution in [2.24, 2.45) is 0 Å². The molecule has 0 bridgehead atoms. The van der Waals surface area contributed by atoms with Crippen molar-refractivity contribution in [2.75, 3.05) is 19.0 Å². The topological polar surface area (TPSA) is 186 Å². The second-order valence-electron chi connectivity index (χ2n) is 15.4. The maximum Gasteiger partial charge on any atom is 0.306 e. The number of allylic oxidation sites excluding steroid dienone is 4. The van der Waals surface area contributed by atoms with Crippen LogP contribution in [0.4, 0.5) is 0 Å². The van der Waals surface area contributed by atoms with Crippen LogP contribution < -0.4 is 0 Å². The van der Waals surface area contributed by atoms with E-state index in [4.69, 9.17) is 18.9 Å². The Morgan fingerprint density at radius 3 is 1.48 bits per heavy atom. The van der Waals surface area contributed by atoms with Crippen molar-refractivity contribution in [3.05, 3.63) is 24.3 Å². The van der Waals surface area contributed by atoms with Crippen LogP contribution in [-0.2, 0) is 38.7 Å². The molecule has 1 rings (SSSR count). The van der Waals surface area contributed by atoms with Gasteiger partial charge in [0, 0.05) is 12.8 Å². The van der Waals surface area contributed by atoms with E-state index in [0.717, 1.165) is 51.4 Å². The quantitative estimate of drug-likeness (QED) is 0.0205. The lowest BCUT2D eigenvalue weighted by molar-refractivity contribution is -0.297. The summed E-state index contributed by atoms with van der Waals surface area (Å²) < 4.78 is 53.9. The SMILES string of the molecule is CCCCCCCC/C=C/CCCCCC(=O)OC[C@H](CO[C@H]1O[C@H](CS(=O)(=O)O)[C@@H](O)C(O)C1O)OC(=O)CCCCC/C=C/CCCCCCCCCC. The van der Waals surface area contributed by atoms with Gasteiger partial charge in [0.2, 0.25) is 0 Å². The van der Waals surface area contributed by atoms with Crippen LogP contribution in [0.3, 0.4) is 0 Å². The number of unbranched alkanes of at least 4 members (excludes halogenated alkanes) is 20. The number of rotatable bonds is 36. The minimum atomic E-state index is -4.60. The van der Waals surface area contributed by atoms with Crippen molar-refractivity contribution >= 4 is 22.1 Å². The molecule has 56 heavy (non-hydrogen) atoms. The number of carbonyl (C=O) groups excluding carboxylic acids is 2. The number of hydrogen-bond acceptors (Lipinski definition) is 11. The van der Waals surface area contributed by atoms with E-state index in [1.807, 2.05) is 0 Å². The van der Waals surface area contributed by atoms with Gasteiger partial charge in [0.1, 0.15) is 36.8 Å². The highest BCUT2D eigenvalue weighted by atomic mass is 32.2. The maximum absolute atomic E-state index is 12.8. The van der Waals surface area contributed by atoms with Crippen molar-refractivity contribution in [2.45, 2.75) is 218 Å². The third kappa shape index (κ3) is 28.5. The van der Waals surface area contributed by atoms with Crippen LogP contribution in [0.1, 0.15) is 181 Å². The number of carbonyl (C=O) groups is 2. The van der Waals surface area contributed by atoms with Crippen LogP contribution in [0.25, 0.3) is 0 Å². The van der Waals surface area contributed by atoms with Crippen LogP contribution in [0.15, 0.2) is 24.3 Å². The lowest BCUT2D eigenvalue weighted by Gasteiger charge is -2.40. The largest absolute Gasteiger partial charge is 0.462 e. The average molecular weight is 819 g/mol. The van der Waals surface area contributed by atoms with Crippen LogP contribution in [0.2, 0.25) is 0 Å². The molecule has 1 saturated heterocycles.